The molecule has 0 aliphatic carbocycles. The lowest BCUT2D eigenvalue weighted by Crippen LogP contribution is -2.30. The average molecular weight is 385 g/mol. The number of fused-ring (bicyclic) bond motifs is 1. The van der Waals surface area contributed by atoms with Crippen LogP contribution in [-0.4, -0.2) is 25.5 Å². The van der Waals surface area contributed by atoms with Gasteiger partial charge in [0.2, 0.25) is 0 Å². The molecule has 144 valence electrons. The van der Waals surface area contributed by atoms with Gasteiger partial charge in [-0.25, -0.2) is 4.79 Å². The highest BCUT2D eigenvalue weighted by Crippen LogP contribution is 2.27. The molecule has 5 heteroatoms. The Labute approximate surface area is 164 Å². The second-order valence-electron chi connectivity index (χ2n) is 7.58. The second-order valence-corrected chi connectivity index (χ2v) is 8.56. The first-order chi connectivity index (χ1) is 12.9. The van der Waals surface area contributed by atoms with Crippen LogP contribution in [0.1, 0.15) is 47.4 Å². The van der Waals surface area contributed by atoms with E-state index in [4.69, 9.17) is 4.42 Å². The molecule has 0 amide bonds. The molecule has 0 fully saturated rings. The van der Waals surface area contributed by atoms with Gasteiger partial charge < -0.3 is 14.6 Å². The number of thiophene rings is 1. The lowest BCUT2D eigenvalue weighted by atomic mass is 9.95. The third-order valence-corrected chi connectivity index (χ3v) is 5.96. The molecule has 2 heterocycles. The summed E-state index contributed by atoms with van der Waals surface area (Å²) in [7, 11) is 4.19. The van der Waals surface area contributed by atoms with Gasteiger partial charge in [-0.1, -0.05) is 19.9 Å². The van der Waals surface area contributed by atoms with Gasteiger partial charge in [0.25, 0.3) is 0 Å². The summed E-state index contributed by atoms with van der Waals surface area (Å²) in [6, 6.07) is 10.3. The van der Waals surface area contributed by atoms with Gasteiger partial charge in [-0.15, -0.1) is 11.3 Å². The third kappa shape index (κ3) is 4.49. The topological polar surface area (TPSA) is 45.5 Å². The summed E-state index contributed by atoms with van der Waals surface area (Å²) in [5.74, 6) is 0.430. The maximum Gasteiger partial charge on any atom is 0.336 e. The predicted molar refractivity (Wildman–Crippen MR) is 114 cm³/mol. The van der Waals surface area contributed by atoms with Gasteiger partial charge in [-0.3, -0.25) is 0 Å². The molecule has 0 saturated carbocycles. The van der Waals surface area contributed by atoms with Crippen molar-refractivity contribution in [1.29, 1.82) is 0 Å². The first-order valence-corrected chi connectivity index (χ1v) is 10.2. The number of likely N-dealkylation sites (N-methyl/N-ethyl adjacent to an activating group) is 1. The summed E-state index contributed by atoms with van der Waals surface area (Å²) in [6.45, 7) is 7.90. The van der Waals surface area contributed by atoms with Crippen molar-refractivity contribution in [2.45, 2.75) is 39.3 Å². The third-order valence-electron chi connectivity index (χ3n) is 4.99. The first kappa shape index (κ1) is 19.8. The number of benzene rings is 1. The summed E-state index contributed by atoms with van der Waals surface area (Å²) in [6.07, 6.45) is 0. The molecule has 0 aliphatic rings. The zero-order chi connectivity index (χ0) is 19.6. The van der Waals surface area contributed by atoms with Crippen molar-refractivity contribution >= 4 is 22.3 Å². The number of nitrogens with zero attached hydrogens (tertiary/aromatic N) is 1. The first-order valence-electron chi connectivity index (χ1n) is 9.34. The van der Waals surface area contributed by atoms with Crippen LogP contribution in [0.4, 0.5) is 0 Å². The summed E-state index contributed by atoms with van der Waals surface area (Å²) < 4.78 is 5.45. The van der Waals surface area contributed by atoms with E-state index in [1.165, 1.54) is 10.4 Å². The molecule has 0 saturated heterocycles. The van der Waals surface area contributed by atoms with E-state index < -0.39 is 0 Å². The SMILES string of the molecule is Cc1cc2oc(=O)cc(CNC[C@H](c3cccs3)N(C)C)c2cc1C(C)C. The highest BCUT2D eigenvalue weighted by molar-refractivity contribution is 7.10. The van der Waals surface area contributed by atoms with Crippen LogP contribution in [0.25, 0.3) is 11.0 Å². The van der Waals surface area contributed by atoms with Crippen molar-refractivity contribution in [3.8, 4) is 0 Å². The fourth-order valence-corrected chi connectivity index (χ4v) is 4.44. The minimum absolute atomic E-state index is 0.293. The summed E-state index contributed by atoms with van der Waals surface area (Å²) in [4.78, 5) is 15.6. The van der Waals surface area contributed by atoms with Gasteiger partial charge in [-0.05, 0) is 67.2 Å². The van der Waals surface area contributed by atoms with Crippen LogP contribution in [-0.2, 0) is 6.54 Å². The molecule has 0 bridgehead atoms. The normalized spacial score (nSPS) is 13.0. The Morgan fingerprint density at radius 2 is 2.00 bits per heavy atom. The number of hydrogen-bond donors (Lipinski definition) is 1. The van der Waals surface area contributed by atoms with Crippen molar-refractivity contribution in [2.24, 2.45) is 0 Å². The van der Waals surface area contributed by atoms with Crippen molar-refractivity contribution in [3.63, 3.8) is 0 Å². The maximum absolute atomic E-state index is 12.0. The largest absolute Gasteiger partial charge is 0.423 e. The van der Waals surface area contributed by atoms with E-state index >= 15 is 0 Å². The van der Waals surface area contributed by atoms with E-state index in [0.29, 0.717) is 24.1 Å². The maximum atomic E-state index is 12.0. The predicted octanol–water partition coefficient (Wildman–Crippen LogP) is 4.68. The van der Waals surface area contributed by atoms with E-state index in [1.807, 2.05) is 6.07 Å². The van der Waals surface area contributed by atoms with Crippen molar-refractivity contribution in [2.75, 3.05) is 20.6 Å². The number of hydrogen-bond acceptors (Lipinski definition) is 5. The molecule has 0 unspecified atom stereocenters. The van der Waals surface area contributed by atoms with Crippen LogP contribution < -0.4 is 10.9 Å². The highest BCUT2D eigenvalue weighted by Gasteiger charge is 2.16. The standard InChI is InChI=1S/C22H28N2O2S/c1-14(2)17-11-18-16(10-22(25)26-20(18)9-15(17)3)12-23-13-19(24(4)5)21-7-6-8-27-21/h6-11,14,19,23H,12-13H2,1-5H3/t19-/m1/s1. The average Bonchev–Trinajstić information content (AvgIpc) is 3.11. The van der Waals surface area contributed by atoms with E-state index in [0.717, 1.165) is 23.1 Å². The molecular weight excluding hydrogens is 356 g/mol. The van der Waals surface area contributed by atoms with E-state index in [2.05, 4.69) is 68.7 Å². The van der Waals surface area contributed by atoms with Gasteiger partial charge in [-0.2, -0.15) is 0 Å². The molecule has 2 aromatic heterocycles. The Kier molecular flexibility index (Phi) is 6.15. The number of aryl methyl sites for hydroxylation is 1. The molecular formula is C22H28N2O2S. The molecule has 4 nitrogen and oxygen atoms in total. The second kappa shape index (κ2) is 8.38. The molecule has 3 rings (SSSR count). The zero-order valence-electron chi connectivity index (χ0n) is 16.7. The molecule has 0 spiro atoms. The van der Waals surface area contributed by atoms with E-state index in [1.54, 1.807) is 17.4 Å². The summed E-state index contributed by atoms with van der Waals surface area (Å²) in [5, 5.41) is 6.67. The zero-order valence-corrected chi connectivity index (χ0v) is 17.5. The Morgan fingerprint density at radius 3 is 2.63 bits per heavy atom. The Balaban J connectivity index is 1.85. The lowest BCUT2D eigenvalue weighted by molar-refractivity contribution is 0.292. The van der Waals surface area contributed by atoms with Crippen LogP contribution in [0.15, 0.2) is 44.9 Å². The van der Waals surface area contributed by atoms with Crippen LogP contribution >= 0.6 is 11.3 Å². The molecule has 1 N–H and O–H groups in total. The van der Waals surface area contributed by atoms with E-state index in [-0.39, 0.29) is 5.63 Å². The quantitative estimate of drug-likeness (QED) is 0.601. The van der Waals surface area contributed by atoms with Gasteiger partial charge in [0.15, 0.2) is 0 Å². The molecule has 3 aromatic rings. The minimum Gasteiger partial charge on any atom is -0.423 e. The van der Waals surface area contributed by atoms with Crippen LogP contribution in [0.5, 0.6) is 0 Å². The smallest absolute Gasteiger partial charge is 0.336 e. The molecule has 1 aromatic carbocycles. The minimum atomic E-state index is -0.293. The fourth-order valence-electron chi connectivity index (χ4n) is 3.52. The van der Waals surface area contributed by atoms with Gasteiger partial charge >= 0.3 is 5.63 Å². The van der Waals surface area contributed by atoms with Crippen molar-refractivity contribution in [1.82, 2.24) is 10.2 Å². The molecule has 0 aliphatic heterocycles. The van der Waals surface area contributed by atoms with Crippen LogP contribution in [0.3, 0.4) is 0 Å². The Morgan fingerprint density at radius 1 is 1.22 bits per heavy atom. The summed E-state index contributed by atoms with van der Waals surface area (Å²) >= 11 is 1.77. The fraction of sp³-hybridized carbons (Fsp3) is 0.409. The lowest BCUT2D eigenvalue weighted by Gasteiger charge is -2.23. The van der Waals surface area contributed by atoms with Gasteiger partial charge in [0.05, 0.1) is 6.04 Å². The highest BCUT2D eigenvalue weighted by atomic mass is 32.1. The van der Waals surface area contributed by atoms with E-state index in [9.17, 15) is 4.79 Å². The van der Waals surface area contributed by atoms with Gasteiger partial charge in [0.1, 0.15) is 5.58 Å². The van der Waals surface area contributed by atoms with Crippen LogP contribution in [0, 0.1) is 6.92 Å². The Bertz CT molecular complexity index is 958. The van der Waals surface area contributed by atoms with Crippen LogP contribution in [0.2, 0.25) is 0 Å². The number of nitrogens with one attached hydrogen (secondary N) is 1. The van der Waals surface area contributed by atoms with Crippen molar-refractivity contribution in [3.05, 3.63) is 67.7 Å². The van der Waals surface area contributed by atoms with Crippen molar-refractivity contribution < 1.29 is 4.42 Å². The monoisotopic (exact) mass is 384 g/mol. The molecule has 1 atom stereocenters. The number of rotatable bonds is 7. The molecule has 0 radical (unpaired) electrons. The summed E-state index contributed by atoms with van der Waals surface area (Å²) in [5.41, 5.74) is 3.83. The Hall–Kier alpha value is -1.95. The van der Waals surface area contributed by atoms with Gasteiger partial charge in [0, 0.05) is 29.4 Å². The molecule has 27 heavy (non-hydrogen) atoms.